The zero-order valence-electron chi connectivity index (χ0n) is 9.53. The quantitative estimate of drug-likeness (QED) is 0.446. The van der Waals surface area contributed by atoms with Gasteiger partial charge in [-0.3, -0.25) is 0 Å². The van der Waals surface area contributed by atoms with Gasteiger partial charge < -0.3 is 0 Å². The Bertz CT molecular complexity index is 271. The summed E-state index contributed by atoms with van der Waals surface area (Å²) in [6.07, 6.45) is -0.0844. The molecule has 1 rings (SSSR count). The van der Waals surface area contributed by atoms with Crippen molar-refractivity contribution in [3.05, 3.63) is 29.8 Å². The van der Waals surface area contributed by atoms with Crippen molar-refractivity contribution < 1.29 is 9.47 Å². The summed E-state index contributed by atoms with van der Waals surface area (Å²) in [6, 6.07) is 8.73. The van der Waals surface area contributed by atoms with E-state index >= 15 is 0 Å². The molecule has 0 spiro atoms. The van der Waals surface area contributed by atoms with Crippen molar-refractivity contribution in [3.63, 3.8) is 0 Å². The predicted molar refractivity (Wildman–Crippen MR) is 63.8 cm³/mol. The van der Waals surface area contributed by atoms with Crippen LogP contribution in [0.5, 0.6) is 0 Å². The van der Waals surface area contributed by atoms with Gasteiger partial charge in [0.1, 0.15) is 0 Å². The second kappa shape index (κ2) is 7.02. The Hall–Kier alpha value is -0.341. The Morgan fingerprint density at radius 3 is 2.53 bits per heavy atom. The van der Waals surface area contributed by atoms with Crippen molar-refractivity contribution in [1.82, 2.24) is 0 Å². The van der Waals surface area contributed by atoms with E-state index in [-0.39, 0.29) is 6.29 Å². The van der Waals surface area contributed by atoms with Gasteiger partial charge in [0.05, 0.1) is 0 Å². The van der Waals surface area contributed by atoms with E-state index in [9.17, 15) is 0 Å². The van der Waals surface area contributed by atoms with Crippen LogP contribution in [0, 0.1) is 6.92 Å². The number of benzene rings is 1. The predicted octanol–water partition coefficient (Wildman–Crippen LogP) is 1.75. The third-order valence-electron chi connectivity index (χ3n) is 2.06. The summed E-state index contributed by atoms with van der Waals surface area (Å²) >= 11 is 0.515. The van der Waals surface area contributed by atoms with Crippen molar-refractivity contribution in [2.75, 3.05) is 13.7 Å². The molecule has 1 unspecified atom stereocenters. The maximum atomic E-state index is 5.43. The molecule has 0 radical (unpaired) electrons. The topological polar surface area (TPSA) is 18.5 Å². The number of ether oxygens (including phenoxy) is 2. The first-order valence-corrected chi connectivity index (χ1v) is 7.13. The molecule has 84 valence electrons. The molecule has 0 amide bonds. The minimum atomic E-state index is -0.0844. The van der Waals surface area contributed by atoms with Crippen molar-refractivity contribution in [1.29, 1.82) is 0 Å². The van der Waals surface area contributed by atoms with Crippen LogP contribution in [0.25, 0.3) is 0 Å². The van der Waals surface area contributed by atoms with Gasteiger partial charge in [-0.2, -0.15) is 0 Å². The molecule has 15 heavy (non-hydrogen) atoms. The number of hydrogen-bond acceptors (Lipinski definition) is 2. The molecular formula is C12H18O2Se. The monoisotopic (exact) mass is 274 g/mol. The second-order valence-electron chi connectivity index (χ2n) is 3.34. The van der Waals surface area contributed by atoms with E-state index in [1.165, 1.54) is 10.0 Å². The van der Waals surface area contributed by atoms with Crippen molar-refractivity contribution in [3.8, 4) is 0 Å². The third kappa shape index (κ3) is 5.33. The Morgan fingerprint density at radius 1 is 1.27 bits per heavy atom. The maximum absolute atomic E-state index is 5.43. The second-order valence-corrected chi connectivity index (χ2v) is 5.79. The van der Waals surface area contributed by atoms with Crippen LogP contribution in [-0.4, -0.2) is 35.0 Å². The van der Waals surface area contributed by atoms with Crippen LogP contribution >= 0.6 is 0 Å². The molecule has 3 heteroatoms. The molecule has 0 N–H and O–H groups in total. The van der Waals surface area contributed by atoms with Gasteiger partial charge >= 0.3 is 97.9 Å². The zero-order valence-corrected chi connectivity index (χ0v) is 11.2. The summed E-state index contributed by atoms with van der Waals surface area (Å²) in [7, 11) is 1.66. The number of aryl methyl sites for hydroxylation is 1. The average Bonchev–Trinajstić information content (AvgIpc) is 2.26. The number of rotatable bonds is 6. The van der Waals surface area contributed by atoms with Gasteiger partial charge in [-0.1, -0.05) is 0 Å². The van der Waals surface area contributed by atoms with Gasteiger partial charge in [-0.25, -0.2) is 0 Å². The van der Waals surface area contributed by atoms with Crippen molar-refractivity contribution >= 4 is 19.4 Å². The molecule has 0 saturated heterocycles. The van der Waals surface area contributed by atoms with E-state index in [0.717, 1.165) is 11.9 Å². The molecule has 1 atom stereocenters. The Balaban J connectivity index is 2.17. The molecule has 1 aromatic carbocycles. The molecule has 1 aromatic rings. The molecular weight excluding hydrogens is 255 g/mol. The van der Waals surface area contributed by atoms with Crippen LogP contribution in [0.1, 0.15) is 12.5 Å². The standard InChI is InChI=1S/C12H18O2Se/c1-10-4-6-12(7-5-10)15-9-8-14-11(2)13-3/h4-7,11H,8-9H2,1-3H3. The van der Waals surface area contributed by atoms with Gasteiger partial charge in [-0.15, -0.1) is 0 Å². The van der Waals surface area contributed by atoms with Gasteiger partial charge in [0.25, 0.3) is 0 Å². The average molecular weight is 273 g/mol. The van der Waals surface area contributed by atoms with Gasteiger partial charge in [-0.05, 0) is 0 Å². The third-order valence-corrected chi connectivity index (χ3v) is 4.11. The van der Waals surface area contributed by atoms with Crippen LogP contribution in [0.4, 0.5) is 0 Å². The summed E-state index contributed by atoms with van der Waals surface area (Å²) in [5.74, 6) is 0. The molecule has 0 aliphatic carbocycles. The Morgan fingerprint density at radius 2 is 1.93 bits per heavy atom. The minimum absolute atomic E-state index is 0.0844. The van der Waals surface area contributed by atoms with Crippen LogP contribution in [0.15, 0.2) is 24.3 Å². The Kier molecular flexibility index (Phi) is 5.96. The van der Waals surface area contributed by atoms with Crippen molar-refractivity contribution in [2.24, 2.45) is 0 Å². The normalized spacial score (nSPS) is 12.7. The van der Waals surface area contributed by atoms with Crippen LogP contribution < -0.4 is 4.46 Å². The van der Waals surface area contributed by atoms with E-state index in [1.807, 2.05) is 6.92 Å². The fraction of sp³-hybridized carbons (Fsp3) is 0.500. The first-order chi connectivity index (χ1) is 7.22. The molecule has 0 aliphatic heterocycles. The van der Waals surface area contributed by atoms with E-state index < -0.39 is 0 Å². The van der Waals surface area contributed by atoms with Gasteiger partial charge in [0, 0.05) is 0 Å². The number of hydrogen-bond donors (Lipinski definition) is 0. The summed E-state index contributed by atoms with van der Waals surface area (Å²) in [5.41, 5.74) is 1.32. The molecule has 0 fully saturated rings. The molecule has 0 aliphatic rings. The van der Waals surface area contributed by atoms with E-state index in [0.29, 0.717) is 15.0 Å². The SMILES string of the molecule is COC(C)OCC[Se]c1ccc(C)cc1. The Labute approximate surface area is 98.1 Å². The van der Waals surface area contributed by atoms with E-state index in [2.05, 4.69) is 31.2 Å². The number of methoxy groups -OCH3 is 1. The molecule has 0 heterocycles. The molecule has 0 bridgehead atoms. The van der Waals surface area contributed by atoms with E-state index in [4.69, 9.17) is 9.47 Å². The summed E-state index contributed by atoms with van der Waals surface area (Å²) in [5, 5.41) is 1.10. The molecule has 0 aromatic heterocycles. The first-order valence-electron chi connectivity index (χ1n) is 5.06. The summed E-state index contributed by atoms with van der Waals surface area (Å²) in [4.78, 5) is 0. The first kappa shape index (κ1) is 12.7. The summed E-state index contributed by atoms with van der Waals surface area (Å²) < 4.78 is 11.9. The molecule has 2 nitrogen and oxygen atoms in total. The molecule has 0 saturated carbocycles. The van der Waals surface area contributed by atoms with Crippen molar-refractivity contribution in [2.45, 2.75) is 25.5 Å². The fourth-order valence-electron chi connectivity index (χ4n) is 1.08. The van der Waals surface area contributed by atoms with Crippen LogP contribution in [0.3, 0.4) is 0 Å². The van der Waals surface area contributed by atoms with Gasteiger partial charge in [0.15, 0.2) is 0 Å². The zero-order chi connectivity index (χ0) is 11.1. The van der Waals surface area contributed by atoms with Gasteiger partial charge in [0.2, 0.25) is 0 Å². The fourth-order valence-corrected chi connectivity index (χ4v) is 2.64. The van der Waals surface area contributed by atoms with Crippen LogP contribution in [0.2, 0.25) is 5.32 Å². The van der Waals surface area contributed by atoms with E-state index in [1.54, 1.807) is 7.11 Å². The van der Waals surface area contributed by atoms with Crippen LogP contribution in [-0.2, 0) is 9.47 Å². The summed E-state index contributed by atoms with van der Waals surface area (Å²) in [6.45, 7) is 4.81.